The molecule has 2 amide bonds. The second-order valence-electron chi connectivity index (χ2n) is 5.68. The molecule has 2 aromatic rings. The summed E-state index contributed by atoms with van der Waals surface area (Å²) in [6.45, 7) is 0. The molecule has 9 nitrogen and oxygen atoms in total. The lowest BCUT2D eigenvalue weighted by atomic mass is 10.2. The highest BCUT2D eigenvalue weighted by atomic mass is 32.2. The van der Waals surface area contributed by atoms with Crippen LogP contribution in [0.5, 0.6) is 0 Å². The van der Waals surface area contributed by atoms with E-state index in [0.29, 0.717) is 5.17 Å². The molecular weight excluding hydrogens is 382 g/mol. The van der Waals surface area contributed by atoms with Crippen LogP contribution in [0.3, 0.4) is 0 Å². The number of amides is 2. The maximum absolute atomic E-state index is 12.2. The molecule has 0 bridgehead atoms. The number of nitro groups is 1. The predicted octanol–water partition coefficient (Wildman–Crippen LogP) is 2.55. The van der Waals surface area contributed by atoms with Gasteiger partial charge in [0, 0.05) is 12.5 Å². The molecule has 142 valence electrons. The lowest BCUT2D eigenvalue weighted by molar-refractivity contribution is -0.383. The van der Waals surface area contributed by atoms with Gasteiger partial charge in [0.25, 0.3) is 5.69 Å². The van der Waals surface area contributed by atoms with Crippen molar-refractivity contribution in [3.63, 3.8) is 0 Å². The molecular formula is C18H15N5O4S. The Morgan fingerprint density at radius 3 is 2.68 bits per heavy atom. The van der Waals surface area contributed by atoms with E-state index in [-0.39, 0.29) is 23.7 Å². The molecule has 2 N–H and O–H groups in total. The molecule has 0 aromatic heterocycles. The first kappa shape index (κ1) is 19.2. The Morgan fingerprint density at radius 1 is 1.21 bits per heavy atom. The number of nitro benzene ring substituents is 1. The van der Waals surface area contributed by atoms with E-state index >= 15 is 0 Å². The van der Waals surface area contributed by atoms with Gasteiger partial charge in [-0.15, -0.1) is 5.10 Å². The third-order valence-electron chi connectivity index (χ3n) is 3.68. The highest BCUT2D eigenvalue weighted by Gasteiger charge is 2.32. The normalized spacial score (nSPS) is 17.6. The summed E-state index contributed by atoms with van der Waals surface area (Å²) in [6.07, 6.45) is 1.40. The van der Waals surface area contributed by atoms with Gasteiger partial charge in [-0.25, -0.2) is 0 Å². The third kappa shape index (κ3) is 5.01. The molecule has 0 saturated carbocycles. The molecule has 0 spiro atoms. The van der Waals surface area contributed by atoms with Gasteiger partial charge in [-0.3, -0.25) is 19.7 Å². The summed E-state index contributed by atoms with van der Waals surface area (Å²) in [5.41, 5.74) is 0.737. The number of anilines is 1. The number of nitrogens with zero attached hydrogens (tertiary/aromatic N) is 3. The number of amidine groups is 1. The van der Waals surface area contributed by atoms with Gasteiger partial charge < -0.3 is 10.6 Å². The Kier molecular flexibility index (Phi) is 6.12. The molecule has 1 atom stereocenters. The van der Waals surface area contributed by atoms with Gasteiger partial charge >= 0.3 is 0 Å². The third-order valence-corrected chi connectivity index (χ3v) is 4.75. The maximum atomic E-state index is 12.2. The van der Waals surface area contributed by atoms with Crippen molar-refractivity contribution in [3.8, 4) is 0 Å². The molecule has 28 heavy (non-hydrogen) atoms. The molecule has 0 radical (unpaired) electrons. The Balaban J connectivity index is 1.59. The van der Waals surface area contributed by atoms with Crippen LogP contribution in [0.15, 0.2) is 64.8 Å². The van der Waals surface area contributed by atoms with Gasteiger partial charge in [0.05, 0.1) is 11.1 Å². The molecule has 1 saturated heterocycles. The number of nitrogens with one attached hydrogen (secondary N) is 2. The fourth-order valence-electron chi connectivity index (χ4n) is 2.38. The summed E-state index contributed by atoms with van der Waals surface area (Å²) in [4.78, 5) is 34.6. The topological polar surface area (TPSA) is 126 Å². The van der Waals surface area contributed by atoms with Crippen molar-refractivity contribution in [3.05, 3.63) is 70.3 Å². The largest absolute Gasteiger partial charge is 0.320 e. The molecule has 1 unspecified atom stereocenters. The zero-order chi connectivity index (χ0) is 19.9. The van der Waals surface area contributed by atoms with Crippen LogP contribution in [-0.2, 0) is 9.59 Å². The first-order valence-corrected chi connectivity index (χ1v) is 9.08. The van der Waals surface area contributed by atoms with Crippen LogP contribution in [0.25, 0.3) is 0 Å². The maximum Gasteiger partial charge on any atom is 0.292 e. The highest BCUT2D eigenvalue weighted by Crippen LogP contribution is 2.26. The van der Waals surface area contributed by atoms with Gasteiger partial charge in [0.2, 0.25) is 11.8 Å². The average molecular weight is 397 g/mol. The number of benzene rings is 2. The minimum atomic E-state index is -0.687. The van der Waals surface area contributed by atoms with Crippen molar-refractivity contribution in [1.29, 1.82) is 0 Å². The minimum Gasteiger partial charge on any atom is -0.320 e. The average Bonchev–Trinajstić information content (AvgIpc) is 3.02. The van der Waals surface area contributed by atoms with Gasteiger partial charge in [-0.2, -0.15) is 5.10 Å². The number of hydrogen-bond donors (Lipinski definition) is 2. The number of carbonyl (C=O) groups is 2. The zero-order valence-corrected chi connectivity index (χ0v) is 15.3. The van der Waals surface area contributed by atoms with Crippen LogP contribution in [0.4, 0.5) is 11.4 Å². The summed E-state index contributed by atoms with van der Waals surface area (Å²) in [5, 5.41) is 23.5. The number of thioether (sulfide) groups is 1. The number of rotatable bonds is 6. The Morgan fingerprint density at radius 2 is 1.93 bits per heavy atom. The monoisotopic (exact) mass is 397 g/mol. The molecule has 1 fully saturated rings. The molecule has 2 aromatic carbocycles. The SMILES string of the molecule is O=C(CC1S/C(=N/N=C/c2ccccc2)NC1=O)Nc1ccccc1[N+](=O)[O-]. The molecule has 3 rings (SSSR count). The first-order valence-electron chi connectivity index (χ1n) is 8.20. The number of hydrogen-bond acceptors (Lipinski definition) is 7. The predicted molar refractivity (Wildman–Crippen MR) is 107 cm³/mol. The lowest BCUT2D eigenvalue weighted by Crippen LogP contribution is -2.28. The second-order valence-corrected chi connectivity index (χ2v) is 6.87. The van der Waals surface area contributed by atoms with Crippen LogP contribution < -0.4 is 10.6 Å². The van der Waals surface area contributed by atoms with E-state index in [4.69, 9.17) is 0 Å². The second kappa shape index (κ2) is 8.91. The van der Waals surface area contributed by atoms with E-state index in [0.717, 1.165) is 17.3 Å². The van der Waals surface area contributed by atoms with Gasteiger partial charge in [-0.05, 0) is 11.6 Å². The van der Waals surface area contributed by atoms with Gasteiger partial charge in [0.15, 0.2) is 5.17 Å². The van der Waals surface area contributed by atoms with Crippen molar-refractivity contribution in [2.45, 2.75) is 11.7 Å². The van der Waals surface area contributed by atoms with E-state index in [1.807, 2.05) is 30.3 Å². The van der Waals surface area contributed by atoms with Crippen LogP contribution in [0, 0.1) is 10.1 Å². The number of para-hydroxylation sites is 2. The molecule has 1 heterocycles. The summed E-state index contributed by atoms with van der Waals surface area (Å²) >= 11 is 1.08. The van der Waals surface area contributed by atoms with Crippen LogP contribution >= 0.6 is 11.8 Å². The zero-order valence-electron chi connectivity index (χ0n) is 14.4. The van der Waals surface area contributed by atoms with Crippen molar-refractivity contribution in [1.82, 2.24) is 5.32 Å². The Hall–Kier alpha value is -3.53. The summed E-state index contributed by atoms with van der Waals surface area (Å²) < 4.78 is 0. The molecule has 1 aliphatic rings. The first-order chi connectivity index (χ1) is 13.5. The fraction of sp³-hybridized carbons (Fsp3) is 0.111. The summed E-state index contributed by atoms with van der Waals surface area (Å²) in [7, 11) is 0. The minimum absolute atomic E-state index is 0.0854. The Labute approximate surface area is 164 Å². The highest BCUT2D eigenvalue weighted by molar-refractivity contribution is 8.15. The smallest absolute Gasteiger partial charge is 0.292 e. The number of carbonyl (C=O) groups excluding carboxylic acids is 2. The van der Waals surface area contributed by atoms with Gasteiger partial charge in [0.1, 0.15) is 10.9 Å². The van der Waals surface area contributed by atoms with Crippen molar-refractivity contribution in [2.75, 3.05) is 5.32 Å². The Bertz CT molecular complexity index is 961. The van der Waals surface area contributed by atoms with E-state index in [1.165, 1.54) is 18.2 Å². The van der Waals surface area contributed by atoms with E-state index in [1.54, 1.807) is 12.3 Å². The van der Waals surface area contributed by atoms with Crippen LogP contribution in [-0.4, -0.2) is 33.4 Å². The van der Waals surface area contributed by atoms with E-state index < -0.39 is 16.1 Å². The summed E-state index contributed by atoms with van der Waals surface area (Å²) in [5.74, 6) is -0.868. The van der Waals surface area contributed by atoms with Crippen LogP contribution in [0.2, 0.25) is 0 Å². The van der Waals surface area contributed by atoms with E-state index in [2.05, 4.69) is 20.8 Å². The summed E-state index contributed by atoms with van der Waals surface area (Å²) in [6, 6.07) is 15.2. The van der Waals surface area contributed by atoms with Crippen molar-refractivity contribution < 1.29 is 14.5 Å². The standard InChI is InChI=1S/C18H15N5O4S/c24-16(20-13-8-4-5-9-14(13)23(26)27)10-15-17(25)21-18(28-15)22-19-11-12-6-2-1-3-7-12/h1-9,11,15H,10H2,(H,20,24)(H,21,22,25)/b19-11+. The van der Waals surface area contributed by atoms with Gasteiger partial charge in [-0.1, -0.05) is 54.2 Å². The van der Waals surface area contributed by atoms with Crippen molar-refractivity contribution in [2.24, 2.45) is 10.2 Å². The fourth-order valence-corrected chi connectivity index (χ4v) is 3.31. The quantitative estimate of drug-likeness (QED) is 0.440. The van der Waals surface area contributed by atoms with Crippen LogP contribution in [0.1, 0.15) is 12.0 Å². The van der Waals surface area contributed by atoms with E-state index in [9.17, 15) is 19.7 Å². The lowest BCUT2D eigenvalue weighted by Gasteiger charge is -2.07. The molecule has 1 aliphatic heterocycles. The molecule has 0 aliphatic carbocycles. The molecule has 10 heteroatoms. The van der Waals surface area contributed by atoms with Crippen molar-refractivity contribution >= 4 is 46.3 Å².